The Kier molecular flexibility index (Phi) is 6.39. The number of unbranched alkanes of at least 4 members (excludes halogenated alkanes) is 1. The number of aromatic nitrogens is 1. The molecule has 0 saturated heterocycles. The van der Waals surface area contributed by atoms with Crippen LogP contribution in [0.25, 0.3) is 10.9 Å². The van der Waals surface area contributed by atoms with Gasteiger partial charge in [0.25, 0.3) is 0 Å². The summed E-state index contributed by atoms with van der Waals surface area (Å²) in [6.07, 6.45) is 12.5. The zero-order valence-electron chi connectivity index (χ0n) is 17.5. The van der Waals surface area contributed by atoms with Gasteiger partial charge >= 0.3 is 0 Å². The van der Waals surface area contributed by atoms with Crippen LogP contribution in [0.3, 0.4) is 0 Å². The number of hydrogen-bond acceptors (Lipinski definition) is 3. The van der Waals surface area contributed by atoms with Crippen molar-refractivity contribution in [3.8, 4) is 11.5 Å². The zero-order valence-corrected chi connectivity index (χ0v) is 18.3. The first-order valence-electron chi connectivity index (χ1n) is 10.7. The Morgan fingerprint density at radius 3 is 2.48 bits per heavy atom. The molecule has 1 fully saturated rings. The SMILES string of the molecule is CSOc1ccc2c(ccn2CCCCc2ccc(OC3(C)CCCC3)cc2)c1. The number of nitrogens with zero attached hydrogens (tertiary/aromatic N) is 1. The van der Waals surface area contributed by atoms with Crippen LogP contribution in [0.2, 0.25) is 0 Å². The van der Waals surface area contributed by atoms with Gasteiger partial charge in [-0.2, -0.15) is 0 Å². The number of ether oxygens (including phenoxy) is 1. The molecule has 4 heteroatoms. The fourth-order valence-corrected chi connectivity index (χ4v) is 4.66. The summed E-state index contributed by atoms with van der Waals surface area (Å²) in [7, 11) is 0. The molecular weight excluding hydrogens is 378 g/mol. The van der Waals surface area contributed by atoms with Crippen molar-refractivity contribution in [1.29, 1.82) is 0 Å². The van der Waals surface area contributed by atoms with E-state index in [2.05, 4.69) is 60.2 Å². The Balaban J connectivity index is 1.25. The molecule has 1 aromatic heterocycles. The molecular formula is C25H31NO2S. The standard InChI is InChI=1S/C25H31NO2S/c1-25(15-4-5-16-25)27-22-10-8-20(9-11-22)7-3-6-17-26-18-14-21-19-23(28-29-2)12-13-24(21)26/h8-14,18-19H,3-7,15-17H2,1-2H3. The number of aryl methyl sites for hydroxylation is 2. The average Bonchev–Trinajstić information content (AvgIpc) is 3.33. The molecule has 3 aromatic rings. The number of benzene rings is 2. The lowest BCUT2D eigenvalue weighted by molar-refractivity contribution is 0.0968. The molecule has 0 unspecified atom stereocenters. The summed E-state index contributed by atoms with van der Waals surface area (Å²) in [6.45, 7) is 3.29. The molecule has 0 N–H and O–H groups in total. The summed E-state index contributed by atoms with van der Waals surface area (Å²) in [6, 6.07) is 17.2. The summed E-state index contributed by atoms with van der Waals surface area (Å²) in [4.78, 5) is 0. The molecule has 154 valence electrons. The van der Waals surface area contributed by atoms with Crippen molar-refractivity contribution in [2.24, 2.45) is 0 Å². The normalized spacial score (nSPS) is 15.7. The predicted octanol–water partition coefficient (Wildman–Crippen LogP) is 7.03. The van der Waals surface area contributed by atoms with E-state index in [0.29, 0.717) is 0 Å². The van der Waals surface area contributed by atoms with Gasteiger partial charge in [0.15, 0.2) is 0 Å². The second-order valence-corrected chi connectivity index (χ2v) is 8.84. The molecule has 3 nitrogen and oxygen atoms in total. The minimum Gasteiger partial charge on any atom is -0.488 e. The third-order valence-electron chi connectivity index (χ3n) is 5.99. The lowest BCUT2D eigenvalue weighted by Gasteiger charge is -2.25. The number of hydrogen-bond donors (Lipinski definition) is 0. The van der Waals surface area contributed by atoms with Crippen molar-refractivity contribution >= 4 is 22.9 Å². The zero-order chi connectivity index (χ0) is 20.1. The highest BCUT2D eigenvalue weighted by atomic mass is 32.2. The molecule has 0 spiro atoms. The molecule has 2 aromatic carbocycles. The van der Waals surface area contributed by atoms with Crippen LogP contribution < -0.4 is 8.92 Å². The molecule has 1 aliphatic rings. The average molecular weight is 410 g/mol. The largest absolute Gasteiger partial charge is 0.488 e. The van der Waals surface area contributed by atoms with Gasteiger partial charge in [-0.3, -0.25) is 0 Å². The summed E-state index contributed by atoms with van der Waals surface area (Å²) in [5.41, 5.74) is 2.72. The highest BCUT2D eigenvalue weighted by molar-refractivity contribution is 7.94. The second-order valence-electron chi connectivity index (χ2n) is 8.34. The monoisotopic (exact) mass is 409 g/mol. The van der Waals surface area contributed by atoms with E-state index in [0.717, 1.165) is 24.5 Å². The maximum Gasteiger partial charge on any atom is 0.138 e. The van der Waals surface area contributed by atoms with Crippen LogP contribution in [0.15, 0.2) is 54.7 Å². The summed E-state index contributed by atoms with van der Waals surface area (Å²) in [5.74, 6) is 1.93. The third kappa shape index (κ3) is 5.11. The molecule has 1 aliphatic carbocycles. The summed E-state index contributed by atoms with van der Waals surface area (Å²) < 4.78 is 14.1. The van der Waals surface area contributed by atoms with Gasteiger partial charge < -0.3 is 13.5 Å². The van der Waals surface area contributed by atoms with Crippen molar-refractivity contribution in [2.75, 3.05) is 6.26 Å². The van der Waals surface area contributed by atoms with E-state index in [1.54, 1.807) is 0 Å². The van der Waals surface area contributed by atoms with Gasteiger partial charge in [0.05, 0.1) is 12.0 Å². The Morgan fingerprint density at radius 2 is 1.72 bits per heavy atom. The molecule has 0 atom stereocenters. The molecule has 1 heterocycles. The van der Waals surface area contributed by atoms with Gasteiger partial charge in [-0.25, -0.2) is 0 Å². The number of rotatable bonds is 9. The fourth-order valence-electron chi connectivity index (χ4n) is 4.37. The molecule has 4 rings (SSSR count). The van der Waals surface area contributed by atoms with Crippen LogP contribution in [0.1, 0.15) is 51.0 Å². The van der Waals surface area contributed by atoms with Crippen molar-refractivity contribution < 1.29 is 8.92 Å². The van der Waals surface area contributed by atoms with Crippen LogP contribution in [-0.4, -0.2) is 16.4 Å². The van der Waals surface area contributed by atoms with Gasteiger partial charge in [0.1, 0.15) is 17.1 Å². The van der Waals surface area contributed by atoms with Gasteiger partial charge in [-0.1, -0.05) is 12.1 Å². The Hall–Kier alpha value is -2.07. The third-order valence-corrected chi connectivity index (χ3v) is 6.34. The molecule has 0 radical (unpaired) electrons. The lowest BCUT2D eigenvalue weighted by Crippen LogP contribution is -2.27. The molecule has 29 heavy (non-hydrogen) atoms. The van der Waals surface area contributed by atoms with E-state index >= 15 is 0 Å². The van der Waals surface area contributed by atoms with Crippen molar-refractivity contribution in [3.63, 3.8) is 0 Å². The van der Waals surface area contributed by atoms with Gasteiger partial charge in [0.2, 0.25) is 0 Å². The first-order chi connectivity index (χ1) is 14.1. The van der Waals surface area contributed by atoms with Gasteiger partial charge in [-0.15, -0.1) is 0 Å². The predicted molar refractivity (Wildman–Crippen MR) is 123 cm³/mol. The van der Waals surface area contributed by atoms with E-state index < -0.39 is 0 Å². The molecule has 0 amide bonds. The number of fused-ring (bicyclic) bond motifs is 1. The van der Waals surface area contributed by atoms with E-state index in [1.807, 2.05) is 12.3 Å². The first-order valence-corrected chi connectivity index (χ1v) is 11.9. The highest BCUT2D eigenvalue weighted by Crippen LogP contribution is 2.34. The van der Waals surface area contributed by atoms with Crippen molar-refractivity contribution in [3.05, 3.63) is 60.3 Å². The molecule has 1 saturated carbocycles. The van der Waals surface area contributed by atoms with Crippen LogP contribution >= 0.6 is 12.0 Å². The lowest BCUT2D eigenvalue weighted by atomic mass is 10.1. The van der Waals surface area contributed by atoms with E-state index in [1.165, 1.54) is 67.0 Å². The first kappa shape index (κ1) is 20.2. The summed E-state index contributed by atoms with van der Waals surface area (Å²) in [5, 5.41) is 1.24. The maximum atomic E-state index is 6.24. The van der Waals surface area contributed by atoms with Crippen molar-refractivity contribution in [1.82, 2.24) is 4.57 Å². The summed E-state index contributed by atoms with van der Waals surface area (Å²) >= 11 is 1.38. The Morgan fingerprint density at radius 1 is 0.966 bits per heavy atom. The van der Waals surface area contributed by atoms with Gasteiger partial charge in [0, 0.05) is 29.9 Å². The van der Waals surface area contributed by atoms with Crippen LogP contribution in [-0.2, 0) is 13.0 Å². The van der Waals surface area contributed by atoms with E-state index in [4.69, 9.17) is 8.92 Å². The van der Waals surface area contributed by atoms with Crippen LogP contribution in [0.4, 0.5) is 0 Å². The molecule has 0 aliphatic heterocycles. The minimum atomic E-state index is 0.0450. The quantitative estimate of drug-likeness (QED) is 0.280. The van der Waals surface area contributed by atoms with E-state index in [-0.39, 0.29) is 5.60 Å². The smallest absolute Gasteiger partial charge is 0.138 e. The van der Waals surface area contributed by atoms with Crippen LogP contribution in [0.5, 0.6) is 11.5 Å². The molecule has 0 bridgehead atoms. The van der Waals surface area contributed by atoms with E-state index in [9.17, 15) is 0 Å². The van der Waals surface area contributed by atoms with Gasteiger partial charge in [-0.05, 0) is 93.8 Å². The van der Waals surface area contributed by atoms with Crippen molar-refractivity contribution in [2.45, 2.75) is 64.0 Å². The minimum absolute atomic E-state index is 0.0450. The topological polar surface area (TPSA) is 23.4 Å². The Bertz CT molecular complexity index is 926. The van der Waals surface area contributed by atoms with Crippen LogP contribution in [0, 0.1) is 0 Å². The maximum absolute atomic E-state index is 6.24. The second kappa shape index (κ2) is 9.17. The highest BCUT2D eigenvalue weighted by Gasteiger charge is 2.30. The fraction of sp³-hybridized carbons (Fsp3) is 0.440. The Labute approximate surface area is 178 Å².